The Morgan fingerprint density at radius 3 is 2.53 bits per heavy atom. The van der Waals surface area contributed by atoms with Gasteiger partial charge in [0, 0.05) is 35.5 Å². The number of ketones is 1. The van der Waals surface area contributed by atoms with Crippen molar-refractivity contribution in [2.75, 3.05) is 13.7 Å². The average Bonchev–Trinajstić information content (AvgIpc) is 3.32. The molecule has 10 nitrogen and oxygen atoms in total. The molecular weight excluding hydrogens is 570 g/mol. The number of phenols is 2. The predicted molar refractivity (Wildman–Crippen MR) is 162 cm³/mol. The molecule has 1 atom stereocenters. The maximum Gasteiger partial charge on any atom is 0.222 e. The topological polar surface area (TPSA) is 139 Å². The van der Waals surface area contributed by atoms with Crippen LogP contribution in [0.2, 0.25) is 5.02 Å². The third kappa shape index (κ3) is 6.86. The summed E-state index contributed by atoms with van der Waals surface area (Å²) >= 11 is 6.17. The maximum absolute atomic E-state index is 13.1. The number of aromatic hydroxyl groups is 2. The van der Waals surface area contributed by atoms with Gasteiger partial charge in [-0.2, -0.15) is 0 Å². The third-order valence-electron chi connectivity index (χ3n) is 7.32. The van der Waals surface area contributed by atoms with Gasteiger partial charge in [0.15, 0.2) is 17.3 Å². The molecule has 1 amide bonds. The SMILES string of the molecule is COc1ccc2c(c1)C(c1ccc(Cl)cc1)=N[C@@H](CC(=O)NCCCC(=O)CCc1ccc(O)c(O)c1)c1nnc(C)n1-2. The molecule has 3 aromatic carbocycles. The van der Waals surface area contributed by atoms with Crippen molar-refractivity contribution < 1.29 is 24.5 Å². The first kappa shape index (κ1) is 29.8. The molecule has 222 valence electrons. The molecule has 0 bridgehead atoms. The Morgan fingerprint density at radius 2 is 1.79 bits per heavy atom. The van der Waals surface area contributed by atoms with E-state index in [2.05, 4.69) is 15.5 Å². The summed E-state index contributed by atoms with van der Waals surface area (Å²) in [4.78, 5) is 30.5. The smallest absolute Gasteiger partial charge is 0.222 e. The highest BCUT2D eigenvalue weighted by Crippen LogP contribution is 2.34. The minimum absolute atomic E-state index is 0.0403. The number of halogens is 1. The maximum atomic E-state index is 13.1. The van der Waals surface area contributed by atoms with Crippen molar-refractivity contribution in [3.63, 3.8) is 0 Å². The number of carbonyl (C=O) groups excluding carboxylic acids is 2. The van der Waals surface area contributed by atoms with Crippen LogP contribution in [0.5, 0.6) is 17.2 Å². The van der Waals surface area contributed by atoms with Crippen molar-refractivity contribution in [2.24, 2.45) is 4.99 Å². The van der Waals surface area contributed by atoms with Gasteiger partial charge in [0.2, 0.25) is 5.91 Å². The molecule has 0 saturated heterocycles. The lowest BCUT2D eigenvalue weighted by Crippen LogP contribution is -2.27. The average molecular weight is 602 g/mol. The van der Waals surface area contributed by atoms with E-state index in [0.717, 1.165) is 22.4 Å². The van der Waals surface area contributed by atoms with Crippen LogP contribution < -0.4 is 10.1 Å². The predicted octanol–water partition coefficient (Wildman–Crippen LogP) is 5.03. The van der Waals surface area contributed by atoms with Crippen molar-refractivity contribution >= 4 is 29.0 Å². The van der Waals surface area contributed by atoms with Crippen LogP contribution in [-0.4, -0.2) is 56.0 Å². The summed E-state index contributed by atoms with van der Waals surface area (Å²) < 4.78 is 7.43. The second-order valence-electron chi connectivity index (χ2n) is 10.3. The number of hydrogen-bond donors (Lipinski definition) is 3. The molecule has 0 fully saturated rings. The monoisotopic (exact) mass is 601 g/mol. The number of carbonyl (C=O) groups is 2. The Hall–Kier alpha value is -4.70. The number of phenolic OH excluding ortho intramolecular Hbond substituents is 2. The molecule has 0 aliphatic carbocycles. The Labute approximate surface area is 254 Å². The van der Waals surface area contributed by atoms with Crippen LogP contribution in [0.15, 0.2) is 65.7 Å². The number of amides is 1. The standard InChI is InChI=1S/C32H32ClN5O5/c1-19-36-37-32-26(18-30(42)34-15-3-4-23(39)11-5-20-6-14-28(40)29(41)16-20)35-31(21-7-9-22(33)10-8-21)25-17-24(43-2)12-13-27(25)38(19)32/h6-10,12-14,16-17,26,40-41H,3-5,11,15,18H2,1-2H3,(H,34,42)/t26-/m0/s1. The van der Waals surface area contributed by atoms with E-state index in [0.29, 0.717) is 60.4 Å². The molecule has 2 heterocycles. The number of aliphatic imine (C=N–C) groups is 1. The normalized spacial score (nSPS) is 13.8. The number of nitrogens with zero attached hydrogens (tertiary/aromatic N) is 4. The van der Waals surface area contributed by atoms with Gasteiger partial charge >= 0.3 is 0 Å². The molecule has 5 rings (SSSR count). The zero-order valence-electron chi connectivity index (χ0n) is 23.9. The Balaban J connectivity index is 1.27. The van der Waals surface area contributed by atoms with Gasteiger partial charge in [0.25, 0.3) is 0 Å². The van der Waals surface area contributed by atoms with Crippen LogP contribution in [-0.2, 0) is 16.0 Å². The molecule has 43 heavy (non-hydrogen) atoms. The molecule has 1 aromatic heterocycles. The summed E-state index contributed by atoms with van der Waals surface area (Å²) in [7, 11) is 1.61. The number of ether oxygens (including phenoxy) is 1. The zero-order valence-corrected chi connectivity index (χ0v) is 24.6. The Morgan fingerprint density at radius 1 is 1.00 bits per heavy atom. The number of Topliss-reactive ketones (excluding diaryl/α,β-unsaturated/α-hetero) is 1. The van der Waals surface area contributed by atoms with Crippen molar-refractivity contribution in [3.8, 4) is 22.9 Å². The lowest BCUT2D eigenvalue weighted by atomic mass is 10.00. The number of aromatic nitrogens is 3. The number of rotatable bonds is 11. The molecule has 0 radical (unpaired) electrons. The fourth-order valence-electron chi connectivity index (χ4n) is 5.07. The number of hydrogen-bond acceptors (Lipinski definition) is 8. The quantitative estimate of drug-likeness (QED) is 0.162. The highest BCUT2D eigenvalue weighted by Gasteiger charge is 2.30. The van der Waals surface area contributed by atoms with Gasteiger partial charge in [-0.1, -0.05) is 29.8 Å². The van der Waals surface area contributed by atoms with Crippen LogP contribution in [0, 0.1) is 6.92 Å². The van der Waals surface area contributed by atoms with Crippen LogP contribution in [0.25, 0.3) is 5.69 Å². The fraction of sp³-hybridized carbons (Fsp3) is 0.281. The van der Waals surface area contributed by atoms with E-state index < -0.39 is 6.04 Å². The molecule has 3 N–H and O–H groups in total. The largest absolute Gasteiger partial charge is 0.504 e. The first-order valence-electron chi connectivity index (χ1n) is 14.0. The minimum atomic E-state index is -0.617. The first-order chi connectivity index (χ1) is 20.7. The number of fused-ring (bicyclic) bond motifs is 3. The van der Waals surface area contributed by atoms with E-state index in [1.54, 1.807) is 25.3 Å². The number of benzene rings is 3. The van der Waals surface area contributed by atoms with Gasteiger partial charge < -0.3 is 20.3 Å². The summed E-state index contributed by atoms with van der Waals surface area (Å²) in [5.41, 5.74) is 3.93. The first-order valence-corrected chi connectivity index (χ1v) is 14.3. The summed E-state index contributed by atoms with van der Waals surface area (Å²) in [6, 6.07) is 17.0. The number of methoxy groups -OCH3 is 1. The molecule has 1 aliphatic rings. The van der Waals surface area contributed by atoms with Gasteiger partial charge in [-0.3, -0.25) is 19.1 Å². The second kappa shape index (κ2) is 13.1. The summed E-state index contributed by atoms with van der Waals surface area (Å²) in [5, 5.41) is 31.3. The molecular formula is C32H32ClN5O5. The van der Waals surface area contributed by atoms with Gasteiger partial charge in [-0.25, -0.2) is 0 Å². The zero-order chi connectivity index (χ0) is 30.5. The van der Waals surface area contributed by atoms with Crippen LogP contribution in [0.4, 0.5) is 0 Å². The molecule has 0 spiro atoms. The van der Waals surface area contributed by atoms with Crippen molar-refractivity contribution in [1.29, 1.82) is 0 Å². The van der Waals surface area contributed by atoms with E-state index in [1.807, 2.05) is 41.8 Å². The van der Waals surface area contributed by atoms with Crippen LogP contribution in [0.1, 0.15) is 60.1 Å². The molecule has 0 unspecified atom stereocenters. The van der Waals surface area contributed by atoms with E-state index in [-0.39, 0.29) is 29.6 Å². The minimum Gasteiger partial charge on any atom is -0.504 e. The van der Waals surface area contributed by atoms with Crippen molar-refractivity contribution in [1.82, 2.24) is 20.1 Å². The number of aryl methyl sites for hydroxylation is 2. The summed E-state index contributed by atoms with van der Waals surface area (Å²) in [6.07, 6.45) is 1.62. The van der Waals surface area contributed by atoms with Gasteiger partial charge in [0.1, 0.15) is 23.4 Å². The number of nitrogens with one attached hydrogen (secondary N) is 1. The lowest BCUT2D eigenvalue weighted by Gasteiger charge is -2.14. The molecule has 0 saturated carbocycles. The highest BCUT2D eigenvalue weighted by molar-refractivity contribution is 6.30. The summed E-state index contributed by atoms with van der Waals surface area (Å²) in [5.74, 6) is 1.33. The van der Waals surface area contributed by atoms with E-state index >= 15 is 0 Å². The van der Waals surface area contributed by atoms with Gasteiger partial charge in [0.05, 0.1) is 24.9 Å². The van der Waals surface area contributed by atoms with Crippen molar-refractivity contribution in [2.45, 2.75) is 45.1 Å². The van der Waals surface area contributed by atoms with Crippen molar-refractivity contribution in [3.05, 3.63) is 94.0 Å². The van der Waals surface area contributed by atoms with Gasteiger partial charge in [-0.15, -0.1) is 10.2 Å². The molecule has 1 aliphatic heterocycles. The molecule has 4 aromatic rings. The lowest BCUT2D eigenvalue weighted by molar-refractivity contribution is -0.122. The Bertz CT molecular complexity index is 1680. The van der Waals surface area contributed by atoms with E-state index in [1.165, 1.54) is 12.1 Å². The third-order valence-corrected chi connectivity index (χ3v) is 7.57. The van der Waals surface area contributed by atoms with Crippen LogP contribution in [0.3, 0.4) is 0 Å². The molecule has 11 heteroatoms. The van der Waals surface area contributed by atoms with Crippen LogP contribution >= 0.6 is 11.6 Å². The van der Waals surface area contributed by atoms with E-state index in [4.69, 9.17) is 21.3 Å². The Kier molecular flexibility index (Phi) is 9.06. The fourth-order valence-corrected chi connectivity index (χ4v) is 5.20. The van der Waals surface area contributed by atoms with E-state index in [9.17, 15) is 19.8 Å². The second-order valence-corrected chi connectivity index (χ2v) is 10.8. The highest BCUT2D eigenvalue weighted by atomic mass is 35.5. The summed E-state index contributed by atoms with van der Waals surface area (Å²) in [6.45, 7) is 2.20. The van der Waals surface area contributed by atoms with Gasteiger partial charge in [-0.05, 0) is 67.8 Å².